The van der Waals surface area contributed by atoms with Crippen molar-refractivity contribution in [1.82, 2.24) is 4.90 Å². The number of nitrogens with two attached hydrogens (primary N) is 1. The van der Waals surface area contributed by atoms with Crippen molar-refractivity contribution < 1.29 is 9.59 Å². The van der Waals surface area contributed by atoms with E-state index in [1.807, 2.05) is 18.2 Å². The summed E-state index contributed by atoms with van der Waals surface area (Å²) in [6.45, 7) is 0.474. The minimum absolute atomic E-state index is 0.0450. The summed E-state index contributed by atoms with van der Waals surface area (Å²) in [5.41, 5.74) is 7.87. The van der Waals surface area contributed by atoms with Crippen LogP contribution in [0.3, 0.4) is 0 Å². The normalized spacial score (nSPS) is 18.9. The summed E-state index contributed by atoms with van der Waals surface area (Å²) < 4.78 is 1.04. The van der Waals surface area contributed by atoms with Crippen LogP contribution in [0.5, 0.6) is 0 Å². The van der Waals surface area contributed by atoms with Crippen LogP contribution in [-0.4, -0.2) is 23.8 Å². The Balaban J connectivity index is 1.64. The summed E-state index contributed by atoms with van der Waals surface area (Å²) in [6, 6.07) is 15.2. The molecule has 2 atom stereocenters. The van der Waals surface area contributed by atoms with Crippen LogP contribution in [0.1, 0.15) is 33.8 Å². The number of rotatable bonds is 5. The maximum absolute atomic E-state index is 12.6. The van der Waals surface area contributed by atoms with Gasteiger partial charge in [0.1, 0.15) is 0 Å². The molecule has 2 N–H and O–H groups in total. The van der Waals surface area contributed by atoms with Gasteiger partial charge < -0.3 is 10.6 Å². The van der Waals surface area contributed by atoms with Gasteiger partial charge in [-0.1, -0.05) is 40.2 Å². The Hall–Kier alpha value is -2.14. The largest absolute Gasteiger partial charge is 0.366 e. The fourth-order valence-electron chi connectivity index (χ4n) is 3.03. The molecule has 1 aliphatic rings. The van der Waals surface area contributed by atoms with Crippen molar-refractivity contribution in [2.45, 2.75) is 18.9 Å². The third-order valence-electron chi connectivity index (χ3n) is 4.39. The van der Waals surface area contributed by atoms with E-state index >= 15 is 0 Å². The molecule has 0 aromatic heterocycles. The van der Waals surface area contributed by atoms with Crippen LogP contribution >= 0.6 is 15.9 Å². The predicted molar refractivity (Wildman–Crippen MR) is 96.4 cm³/mol. The van der Waals surface area contributed by atoms with Crippen molar-refractivity contribution in [3.8, 4) is 0 Å². The monoisotopic (exact) mass is 386 g/mol. The number of carbonyl (C=O) groups excluding carboxylic acids is 2. The van der Waals surface area contributed by atoms with E-state index in [-0.39, 0.29) is 11.8 Å². The number of benzene rings is 2. The van der Waals surface area contributed by atoms with Crippen molar-refractivity contribution in [1.29, 1.82) is 0 Å². The van der Waals surface area contributed by atoms with Crippen molar-refractivity contribution in [2.75, 3.05) is 7.05 Å². The highest BCUT2D eigenvalue weighted by Gasteiger charge is 2.45. The number of primary amides is 1. The lowest BCUT2D eigenvalue weighted by atomic mass is 10.1. The first-order valence-corrected chi connectivity index (χ1v) is 8.64. The molecule has 0 saturated heterocycles. The Kier molecular flexibility index (Phi) is 4.71. The zero-order valence-corrected chi connectivity index (χ0v) is 15.0. The summed E-state index contributed by atoms with van der Waals surface area (Å²) in [4.78, 5) is 25.6. The van der Waals surface area contributed by atoms with E-state index < -0.39 is 5.91 Å². The maximum atomic E-state index is 12.6. The molecular weight excluding hydrogens is 368 g/mol. The molecule has 24 heavy (non-hydrogen) atoms. The molecule has 2 amide bonds. The molecule has 0 bridgehead atoms. The van der Waals surface area contributed by atoms with Gasteiger partial charge in [-0.05, 0) is 47.7 Å². The van der Waals surface area contributed by atoms with E-state index in [2.05, 4.69) is 28.1 Å². The molecule has 1 aliphatic carbocycles. The lowest BCUT2D eigenvalue weighted by Gasteiger charge is -2.18. The lowest BCUT2D eigenvalue weighted by molar-refractivity contribution is -0.131. The van der Waals surface area contributed by atoms with Gasteiger partial charge in [0.25, 0.3) is 0 Å². The highest BCUT2D eigenvalue weighted by molar-refractivity contribution is 9.10. The average Bonchev–Trinajstić information content (AvgIpc) is 3.35. The van der Waals surface area contributed by atoms with Gasteiger partial charge in [-0.2, -0.15) is 0 Å². The molecule has 5 heteroatoms. The van der Waals surface area contributed by atoms with Gasteiger partial charge in [0.15, 0.2) is 0 Å². The molecular formula is C19H19BrN2O2. The van der Waals surface area contributed by atoms with E-state index in [1.165, 1.54) is 5.56 Å². The van der Waals surface area contributed by atoms with Crippen molar-refractivity contribution >= 4 is 27.7 Å². The van der Waals surface area contributed by atoms with Crippen LogP contribution in [0.25, 0.3) is 0 Å². The zero-order chi connectivity index (χ0) is 17.3. The second-order valence-electron chi connectivity index (χ2n) is 6.26. The highest BCUT2D eigenvalue weighted by atomic mass is 79.9. The average molecular weight is 387 g/mol. The second kappa shape index (κ2) is 6.77. The van der Waals surface area contributed by atoms with Crippen LogP contribution in [0.4, 0.5) is 0 Å². The zero-order valence-electron chi connectivity index (χ0n) is 13.4. The Morgan fingerprint density at radius 3 is 2.67 bits per heavy atom. The number of carbonyl (C=O) groups is 2. The van der Waals surface area contributed by atoms with Gasteiger partial charge in [0, 0.05) is 29.5 Å². The number of amides is 2. The van der Waals surface area contributed by atoms with Crippen molar-refractivity contribution in [2.24, 2.45) is 11.7 Å². The first kappa shape index (κ1) is 16.7. The van der Waals surface area contributed by atoms with Crippen LogP contribution in [-0.2, 0) is 11.3 Å². The molecule has 2 unspecified atom stereocenters. The molecule has 3 rings (SSSR count). The van der Waals surface area contributed by atoms with E-state index in [0.29, 0.717) is 18.0 Å². The smallest absolute Gasteiger partial charge is 0.248 e. The summed E-state index contributed by atoms with van der Waals surface area (Å²) in [5.74, 6) is 0.0326. The minimum Gasteiger partial charge on any atom is -0.366 e. The third kappa shape index (κ3) is 3.67. The van der Waals surface area contributed by atoms with Gasteiger partial charge in [0.2, 0.25) is 11.8 Å². The summed E-state index contributed by atoms with van der Waals surface area (Å²) in [5, 5.41) is 0. The number of nitrogens with zero attached hydrogens (tertiary/aromatic N) is 1. The van der Waals surface area contributed by atoms with Gasteiger partial charge in [-0.3, -0.25) is 9.59 Å². The number of halogens is 1. The first-order valence-electron chi connectivity index (χ1n) is 7.85. The molecule has 0 heterocycles. The fraction of sp³-hybridized carbons (Fsp3) is 0.263. The SMILES string of the molecule is CN(Cc1cccc(C(N)=O)c1)C(=O)C1CC1c1cccc(Br)c1. The number of hydrogen-bond acceptors (Lipinski definition) is 2. The summed E-state index contributed by atoms with van der Waals surface area (Å²) in [6.07, 6.45) is 0.890. The molecule has 2 aromatic rings. The standard InChI is InChI=1S/C19H19BrN2O2/c1-22(11-12-4-2-6-14(8-12)18(21)23)19(24)17-10-16(17)13-5-3-7-15(20)9-13/h2-9,16-17H,10-11H2,1H3,(H2,21,23). The molecule has 0 spiro atoms. The summed E-state index contributed by atoms with van der Waals surface area (Å²) in [7, 11) is 1.80. The summed E-state index contributed by atoms with van der Waals surface area (Å²) >= 11 is 3.47. The molecule has 4 nitrogen and oxygen atoms in total. The third-order valence-corrected chi connectivity index (χ3v) is 4.89. The molecule has 0 radical (unpaired) electrons. The van der Waals surface area contributed by atoms with Gasteiger partial charge in [-0.15, -0.1) is 0 Å². The quantitative estimate of drug-likeness (QED) is 0.856. The minimum atomic E-state index is -0.456. The second-order valence-corrected chi connectivity index (χ2v) is 7.18. The lowest BCUT2D eigenvalue weighted by Crippen LogP contribution is -2.28. The Labute approximate surface area is 149 Å². The number of hydrogen-bond donors (Lipinski definition) is 1. The van der Waals surface area contributed by atoms with Crippen molar-refractivity contribution in [3.05, 3.63) is 69.7 Å². The van der Waals surface area contributed by atoms with Crippen molar-refractivity contribution in [3.63, 3.8) is 0 Å². The van der Waals surface area contributed by atoms with Gasteiger partial charge in [-0.25, -0.2) is 0 Å². The fourth-order valence-corrected chi connectivity index (χ4v) is 3.45. The molecule has 0 aliphatic heterocycles. The van der Waals surface area contributed by atoms with Crippen LogP contribution in [0.2, 0.25) is 0 Å². The predicted octanol–water partition coefficient (Wildman–Crippen LogP) is 3.31. The van der Waals surface area contributed by atoms with Gasteiger partial charge >= 0.3 is 0 Å². The maximum Gasteiger partial charge on any atom is 0.248 e. The Morgan fingerprint density at radius 1 is 1.21 bits per heavy atom. The molecule has 1 saturated carbocycles. The van der Waals surface area contributed by atoms with Crippen LogP contribution < -0.4 is 5.73 Å². The topological polar surface area (TPSA) is 63.4 Å². The first-order chi connectivity index (χ1) is 11.5. The van der Waals surface area contributed by atoms with E-state index in [0.717, 1.165) is 16.5 Å². The molecule has 124 valence electrons. The van der Waals surface area contributed by atoms with Crippen LogP contribution in [0, 0.1) is 5.92 Å². The Bertz CT molecular complexity index is 790. The Morgan fingerprint density at radius 2 is 1.96 bits per heavy atom. The van der Waals surface area contributed by atoms with E-state index in [1.54, 1.807) is 30.1 Å². The highest BCUT2D eigenvalue weighted by Crippen LogP contribution is 2.48. The van der Waals surface area contributed by atoms with E-state index in [4.69, 9.17) is 5.73 Å². The van der Waals surface area contributed by atoms with E-state index in [9.17, 15) is 9.59 Å². The molecule has 2 aromatic carbocycles. The van der Waals surface area contributed by atoms with Crippen LogP contribution in [0.15, 0.2) is 53.0 Å². The molecule has 1 fully saturated rings. The van der Waals surface area contributed by atoms with Gasteiger partial charge in [0.05, 0.1) is 0 Å².